The van der Waals surface area contributed by atoms with E-state index < -0.39 is 0 Å². The fraction of sp³-hybridized carbons (Fsp3) is 1.00. The van der Waals surface area contributed by atoms with Crippen LogP contribution in [-0.2, 0) is 4.74 Å². The van der Waals surface area contributed by atoms with E-state index in [1.54, 1.807) is 0 Å². The quantitative estimate of drug-likeness (QED) is 0.535. The van der Waals surface area contributed by atoms with Gasteiger partial charge in [-0.1, -0.05) is 42.4 Å². The van der Waals surface area contributed by atoms with Gasteiger partial charge in [0.05, 0.1) is 18.1 Å². The largest absolute Gasteiger partial charge is 0.373 e. The average Bonchev–Trinajstić information content (AvgIpc) is 2.26. The van der Waals surface area contributed by atoms with Gasteiger partial charge in [-0.25, -0.2) is 0 Å². The summed E-state index contributed by atoms with van der Waals surface area (Å²) in [5.41, 5.74) is -0.122. The minimum absolute atomic E-state index is 0.122. The molecular weight excluding hydrogens is 322 g/mol. The van der Waals surface area contributed by atoms with Gasteiger partial charge in [-0.2, -0.15) is 0 Å². The third kappa shape index (κ3) is 4.78. The minimum atomic E-state index is -0.122. The Morgan fingerprint density at radius 1 is 1.47 bits per heavy atom. The Morgan fingerprint density at radius 3 is 2.73 bits per heavy atom. The molecule has 0 aliphatic heterocycles. The number of hydrogen-bond acceptors (Lipinski definition) is 1. The summed E-state index contributed by atoms with van der Waals surface area (Å²) in [5, 5.41) is 0. The second-order valence-electron chi connectivity index (χ2n) is 5.17. The van der Waals surface area contributed by atoms with E-state index in [0.717, 1.165) is 22.9 Å². The van der Waals surface area contributed by atoms with Crippen molar-refractivity contribution in [2.24, 2.45) is 11.8 Å². The Labute approximate surface area is 112 Å². The molecule has 0 aromatic rings. The van der Waals surface area contributed by atoms with Gasteiger partial charge in [0.2, 0.25) is 0 Å². The van der Waals surface area contributed by atoms with Crippen LogP contribution in [-0.4, -0.2) is 22.5 Å². The molecule has 0 radical (unpaired) electrons. The van der Waals surface area contributed by atoms with Crippen LogP contribution in [0.2, 0.25) is 0 Å². The third-order valence-corrected chi connectivity index (χ3v) is 5.46. The van der Waals surface area contributed by atoms with Crippen LogP contribution in [0.5, 0.6) is 0 Å². The van der Waals surface area contributed by atoms with E-state index in [-0.39, 0.29) is 5.60 Å². The highest BCUT2D eigenvalue weighted by molar-refractivity contribution is 14.1. The molecule has 0 heterocycles. The molecule has 0 spiro atoms. The topological polar surface area (TPSA) is 9.23 Å². The summed E-state index contributed by atoms with van der Waals surface area (Å²) in [6.45, 7) is 5.36. The first-order valence-corrected chi connectivity index (χ1v) is 7.91. The van der Waals surface area contributed by atoms with E-state index in [9.17, 15) is 0 Å². The van der Waals surface area contributed by atoms with Crippen molar-refractivity contribution in [1.82, 2.24) is 0 Å². The number of rotatable bonds is 5. The second kappa shape index (κ2) is 6.65. The van der Waals surface area contributed by atoms with E-state index in [2.05, 4.69) is 36.4 Å². The van der Waals surface area contributed by atoms with Gasteiger partial charge in [-0.05, 0) is 31.6 Å². The van der Waals surface area contributed by atoms with Gasteiger partial charge in [0, 0.05) is 4.43 Å². The van der Waals surface area contributed by atoms with Crippen LogP contribution >= 0.6 is 34.2 Å². The zero-order valence-electron chi connectivity index (χ0n) is 9.77. The van der Waals surface area contributed by atoms with Crippen molar-refractivity contribution < 1.29 is 4.74 Å². The van der Waals surface area contributed by atoms with Crippen LogP contribution in [0.15, 0.2) is 0 Å². The molecule has 1 rings (SSSR count). The Morgan fingerprint density at radius 2 is 2.20 bits per heavy atom. The van der Waals surface area contributed by atoms with Crippen LogP contribution < -0.4 is 0 Å². The summed E-state index contributed by atoms with van der Waals surface area (Å²) >= 11 is 8.28. The second-order valence-corrected chi connectivity index (χ2v) is 6.20. The summed E-state index contributed by atoms with van der Waals surface area (Å²) in [6.07, 6.45) is 5.44. The van der Waals surface area contributed by atoms with E-state index in [4.69, 9.17) is 16.3 Å². The molecule has 0 N–H and O–H groups in total. The molecular formula is C12H22ClIO. The summed E-state index contributed by atoms with van der Waals surface area (Å²) in [7, 11) is 0. The molecule has 0 aromatic heterocycles. The lowest BCUT2D eigenvalue weighted by Gasteiger charge is -2.31. The van der Waals surface area contributed by atoms with Gasteiger partial charge in [0.15, 0.2) is 0 Å². The normalized spacial score (nSPS) is 31.2. The highest BCUT2D eigenvalue weighted by Gasteiger charge is 2.26. The predicted molar refractivity (Wildman–Crippen MR) is 75.1 cm³/mol. The Kier molecular flexibility index (Phi) is 6.23. The molecule has 0 saturated heterocycles. The molecule has 1 aliphatic rings. The molecule has 3 unspecified atom stereocenters. The van der Waals surface area contributed by atoms with Gasteiger partial charge < -0.3 is 4.74 Å². The maximum absolute atomic E-state index is 5.98. The van der Waals surface area contributed by atoms with Crippen molar-refractivity contribution in [3.8, 4) is 0 Å². The molecule has 1 nitrogen and oxygen atoms in total. The molecule has 0 amide bonds. The zero-order valence-corrected chi connectivity index (χ0v) is 12.7. The Bertz CT molecular complexity index is 182. The highest BCUT2D eigenvalue weighted by Crippen LogP contribution is 2.30. The minimum Gasteiger partial charge on any atom is -0.373 e. The van der Waals surface area contributed by atoms with Gasteiger partial charge in [-0.3, -0.25) is 0 Å². The fourth-order valence-corrected chi connectivity index (χ4v) is 3.12. The van der Waals surface area contributed by atoms with Gasteiger partial charge in [0.25, 0.3) is 0 Å². The number of alkyl halides is 2. The molecule has 3 atom stereocenters. The van der Waals surface area contributed by atoms with E-state index in [1.165, 1.54) is 25.7 Å². The molecule has 1 fully saturated rings. The van der Waals surface area contributed by atoms with Crippen molar-refractivity contribution in [3.63, 3.8) is 0 Å². The highest BCUT2D eigenvalue weighted by atomic mass is 127. The summed E-state index contributed by atoms with van der Waals surface area (Å²) in [6, 6.07) is 0. The third-order valence-electron chi connectivity index (χ3n) is 3.28. The van der Waals surface area contributed by atoms with Crippen molar-refractivity contribution in [2.75, 3.05) is 16.9 Å². The lowest BCUT2D eigenvalue weighted by Crippen LogP contribution is -2.35. The van der Waals surface area contributed by atoms with Crippen LogP contribution in [0, 0.1) is 11.8 Å². The predicted octanol–water partition coefficient (Wildman–Crippen LogP) is 4.26. The van der Waals surface area contributed by atoms with E-state index in [0.29, 0.717) is 5.88 Å². The van der Waals surface area contributed by atoms with Crippen LogP contribution in [0.3, 0.4) is 0 Å². The monoisotopic (exact) mass is 344 g/mol. The van der Waals surface area contributed by atoms with Crippen molar-refractivity contribution in [2.45, 2.75) is 45.1 Å². The van der Waals surface area contributed by atoms with Crippen LogP contribution in [0.4, 0.5) is 0 Å². The smallest absolute Gasteiger partial charge is 0.0878 e. The molecule has 0 bridgehead atoms. The van der Waals surface area contributed by atoms with Crippen LogP contribution in [0.25, 0.3) is 0 Å². The van der Waals surface area contributed by atoms with Gasteiger partial charge in [0.1, 0.15) is 0 Å². The first kappa shape index (κ1) is 14.0. The number of ether oxygens (including phenoxy) is 1. The van der Waals surface area contributed by atoms with Crippen molar-refractivity contribution in [1.29, 1.82) is 0 Å². The fourth-order valence-electron chi connectivity index (χ4n) is 2.14. The first-order valence-electron chi connectivity index (χ1n) is 5.85. The number of hydrogen-bond donors (Lipinski definition) is 0. The van der Waals surface area contributed by atoms with Crippen LogP contribution in [0.1, 0.15) is 39.5 Å². The van der Waals surface area contributed by atoms with E-state index >= 15 is 0 Å². The maximum atomic E-state index is 5.98. The molecule has 3 heteroatoms. The van der Waals surface area contributed by atoms with Gasteiger partial charge >= 0.3 is 0 Å². The Hall–Kier alpha value is 0.980. The molecule has 1 saturated carbocycles. The standard InChI is InChI=1S/C12H22ClIO/c1-10-4-3-5-11(6-10)7-15-12(2,8-13)9-14/h10-11H,3-9H2,1-2H3. The lowest BCUT2D eigenvalue weighted by atomic mass is 9.83. The summed E-state index contributed by atoms with van der Waals surface area (Å²) in [5.74, 6) is 2.24. The molecule has 1 aliphatic carbocycles. The maximum Gasteiger partial charge on any atom is 0.0878 e. The molecule has 0 aromatic carbocycles. The SMILES string of the molecule is CC1CCCC(COC(C)(CCl)CI)C1. The summed E-state index contributed by atoms with van der Waals surface area (Å²) < 4.78 is 6.95. The molecule has 90 valence electrons. The number of halogens is 2. The summed E-state index contributed by atoms with van der Waals surface area (Å²) in [4.78, 5) is 0. The van der Waals surface area contributed by atoms with Crippen molar-refractivity contribution >= 4 is 34.2 Å². The van der Waals surface area contributed by atoms with E-state index in [1.807, 2.05) is 0 Å². The first-order chi connectivity index (χ1) is 7.09. The molecule has 15 heavy (non-hydrogen) atoms. The zero-order chi connectivity index (χ0) is 11.3. The Balaban J connectivity index is 2.29. The van der Waals surface area contributed by atoms with Gasteiger partial charge in [-0.15, -0.1) is 11.6 Å². The lowest BCUT2D eigenvalue weighted by molar-refractivity contribution is -0.0236. The average molecular weight is 345 g/mol. The van der Waals surface area contributed by atoms with Crippen molar-refractivity contribution in [3.05, 3.63) is 0 Å².